The van der Waals surface area contributed by atoms with Crippen LogP contribution in [0.25, 0.3) is 10.9 Å². The van der Waals surface area contributed by atoms with Crippen LogP contribution < -0.4 is 5.32 Å². The standard InChI is InChI=1S/C17H23N3/c1-17(2,3)19-10-4-5-11-20-12-9-15-14(13-18)7-6-8-16(15)20/h6-9,12,19H,4-5,10-11H2,1-3H3. The fourth-order valence-electron chi connectivity index (χ4n) is 2.39. The van der Waals surface area contributed by atoms with Crippen LogP contribution >= 0.6 is 0 Å². The lowest BCUT2D eigenvalue weighted by atomic mass is 10.1. The first-order valence-electron chi connectivity index (χ1n) is 7.24. The number of unbranched alkanes of at least 4 members (excludes halogenated alkanes) is 1. The zero-order valence-corrected chi connectivity index (χ0v) is 12.6. The van der Waals surface area contributed by atoms with Crippen molar-refractivity contribution in [3.05, 3.63) is 36.0 Å². The van der Waals surface area contributed by atoms with Crippen LogP contribution in [0.15, 0.2) is 30.5 Å². The minimum atomic E-state index is 0.196. The number of fused-ring (bicyclic) bond motifs is 1. The van der Waals surface area contributed by atoms with E-state index in [1.807, 2.05) is 18.2 Å². The Morgan fingerprint density at radius 3 is 2.70 bits per heavy atom. The monoisotopic (exact) mass is 269 g/mol. The molecule has 0 radical (unpaired) electrons. The summed E-state index contributed by atoms with van der Waals surface area (Å²) < 4.78 is 2.24. The fraction of sp³-hybridized carbons (Fsp3) is 0.471. The molecule has 0 spiro atoms. The topological polar surface area (TPSA) is 40.8 Å². The molecule has 2 rings (SSSR count). The summed E-state index contributed by atoms with van der Waals surface area (Å²) in [5.41, 5.74) is 2.12. The fourth-order valence-corrected chi connectivity index (χ4v) is 2.39. The number of hydrogen-bond acceptors (Lipinski definition) is 2. The van der Waals surface area contributed by atoms with Crippen molar-refractivity contribution < 1.29 is 0 Å². The molecule has 1 N–H and O–H groups in total. The largest absolute Gasteiger partial charge is 0.347 e. The van der Waals surface area contributed by atoms with Gasteiger partial charge >= 0.3 is 0 Å². The lowest BCUT2D eigenvalue weighted by Gasteiger charge is -2.20. The minimum absolute atomic E-state index is 0.196. The zero-order valence-electron chi connectivity index (χ0n) is 12.6. The summed E-state index contributed by atoms with van der Waals surface area (Å²) in [4.78, 5) is 0. The van der Waals surface area contributed by atoms with Gasteiger partial charge < -0.3 is 9.88 Å². The lowest BCUT2D eigenvalue weighted by Crippen LogP contribution is -2.36. The molecule has 1 heterocycles. The molecule has 0 amide bonds. The third kappa shape index (κ3) is 3.61. The van der Waals surface area contributed by atoms with Crippen LogP contribution in [0.2, 0.25) is 0 Å². The maximum atomic E-state index is 9.10. The van der Waals surface area contributed by atoms with Gasteiger partial charge in [-0.25, -0.2) is 0 Å². The number of nitrogens with one attached hydrogen (secondary N) is 1. The van der Waals surface area contributed by atoms with Crippen LogP contribution in [0.3, 0.4) is 0 Å². The SMILES string of the molecule is CC(C)(C)NCCCCn1ccc2c(C#N)cccc21. The van der Waals surface area contributed by atoms with Gasteiger partial charge in [-0.2, -0.15) is 5.26 Å². The first kappa shape index (κ1) is 14.6. The molecule has 0 unspecified atom stereocenters. The van der Waals surface area contributed by atoms with Gasteiger partial charge in [0.1, 0.15) is 0 Å². The molecule has 0 saturated carbocycles. The highest BCUT2D eigenvalue weighted by atomic mass is 15.0. The van der Waals surface area contributed by atoms with Crippen molar-refractivity contribution in [1.82, 2.24) is 9.88 Å². The molecule has 0 atom stereocenters. The van der Waals surface area contributed by atoms with Gasteiger partial charge in [0.2, 0.25) is 0 Å². The number of benzene rings is 1. The first-order valence-corrected chi connectivity index (χ1v) is 7.24. The van der Waals surface area contributed by atoms with Crippen molar-refractivity contribution in [2.45, 2.75) is 45.7 Å². The van der Waals surface area contributed by atoms with Crippen molar-refractivity contribution in [3.8, 4) is 6.07 Å². The van der Waals surface area contributed by atoms with E-state index in [4.69, 9.17) is 5.26 Å². The van der Waals surface area contributed by atoms with Crippen molar-refractivity contribution in [2.24, 2.45) is 0 Å². The summed E-state index contributed by atoms with van der Waals surface area (Å²) >= 11 is 0. The highest BCUT2D eigenvalue weighted by molar-refractivity contribution is 5.85. The van der Waals surface area contributed by atoms with Gasteiger partial charge in [0, 0.05) is 29.2 Å². The Kier molecular flexibility index (Phi) is 4.46. The van der Waals surface area contributed by atoms with E-state index in [2.05, 4.69) is 49.0 Å². The Morgan fingerprint density at radius 1 is 1.20 bits per heavy atom. The maximum Gasteiger partial charge on any atom is 0.0998 e. The Hall–Kier alpha value is -1.79. The molecule has 0 aliphatic carbocycles. The van der Waals surface area contributed by atoms with E-state index >= 15 is 0 Å². The average Bonchev–Trinajstić information content (AvgIpc) is 2.80. The van der Waals surface area contributed by atoms with E-state index in [9.17, 15) is 0 Å². The molecule has 3 nitrogen and oxygen atoms in total. The Balaban J connectivity index is 1.93. The van der Waals surface area contributed by atoms with Gasteiger partial charge in [-0.1, -0.05) is 6.07 Å². The van der Waals surface area contributed by atoms with Crippen molar-refractivity contribution in [3.63, 3.8) is 0 Å². The summed E-state index contributed by atoms with van der Waals surface area (Å²) in [6, 6.07) is 10.2. The van der Waals surface area contributed by atoms with E-state index in [0.29, 0.717) is 0 Å². The van der Waals surface area contributed by atoms with Gasteiger partial charge in [0.15, 0.2) is 0 Å². The molecular weight excluding hydrogens is 246 g/mol. The second-order valence-electron chi connectivity index (χ2n) is 6.24. The van der Waals surface area contributed by atoms with Crippen molar-refractivity contribution in [2.75, 3.05) is 6.54 Å². The van der Waals surface area contributed by atoms with Crippen molar-refractivity contribution in [1.29, 1.82) is 5.26 Å². The molecule has 2 aromatic rings. The number of nitriles is 1. The molecule has 1 aromatic heterocycles. The predicted molar refractivity (Wildman–Crippen MR) is 83.6 cm³/mol. The number of hydrogen-bond donors (Lipinski definition) is 1. The van der Waals surface area contributed by atoms with Crippen LogP contribution in [-0.2, 0) is 6.54 Å². The molecular formula is C17H23N3. The summed E-state index contributed by atoms with van der Waals surface area (Å²) in [5.74, 6) is 0. The molecule has 3 heteroatoms. The predicted octanol–water partition coefficient (Wildman–Crippen LogP) is 3.68. The van der Waals surface area contributed by atoms with Crippen LogP contribution in [0.1, 0.15) is 39.2 Å². The van der Waals surface area contributed by atoms with E-state index in [0.717, 1.165) is 42.4 Å². The Bertz CT molecular complexity index is 611. The smallest absolute Gasteiger partial charge is 0.0998 e. The van der Waals surface area contributed by atoms with E-state index < -0.39 is 0 Å². The molecule has 0 fully saturated rings. The molecule has 0 bridgehead atoms. The van der Waals surface area contributed by atoms with Gasteiger partial charge in [0.05, 0.1) is 11.6 Å². The van der Waals surface area contributed by atoms with Gasteiger partial charge in [-0.3, -0.25) is 0 Å². The third-order valence-corrected chi connectivity index (χ3v) is 3.42. The number of rotatable bonds is 5. The van der Waals surface area contributed by atoms with Crippen LogP contribution in [0.5, 0.6) is 0 Å². The average molecular weight is 269 g/mol. The molecule has 20 heavy (non-hydrogen) atoms. The number of aryl methyl sites for hydroxylation is 1. The summed E-state index contributed by atoms with van der Waals surface area (Å²) in [6.45, 7) is 8.62. The van der Waals surface area contributed by atoms with Crippen LogP contribution in [0.4, 0.5) is 0 Å². The highest BCUT2D eigenvalue weighted by Gasteiger charge is 2.08. The first-order chi connectivity index (χ1) is 9.51. The maximum absolute atomic E-state index is 9.10. The van der Waals surface area contributed by atoms with Crippen LogP contribution in [0, 0.1) is 11.3 Å². The molecule has 106 valence electrons. The number of nitrogens with zero attached hydrogens (tertiary/aromatic N) is 2. The van der Waals surface area contributed by atoms with Gasteiger partial charge in [-0.05, 0) is 58.4 Å². The molecule has 0 aliphatic heterocycles. The van der Waals surface area contributed by atoms with E-state index in [1.165, 1.54) is 0 Å². The molecule has 0 saturated heterocycles. The van der Waals surface area contributed by atoms with Crippen LogP contribution in [-0.4, -0.2) is 16.7 Å². The highest BCUT2D eigenvalue weighted by Crippen LogP contribution is 2.20. The van der Waals surface area contributed by atoms with Gasteiger partial charge in [0.25, 0.3) is 0 Å². The Labute approximate surface area is 121 Å². The van der Waals surface area contributed by atoms with E-state index in [-0.39, 0.29) is 5.54 Å². The number of aromatic nitrogens is 1. The lowest BCUT2D eigenvalue weighted by molar-refractivity contribution is 0.415. The zero-order chi connectivity index (χ0) is 14.6. The van der Waals surface area contributed by atoms with Crippen molar-refractivity contribution >= 4 is 10.9 Å². The molecule has 1 aromatic carbocycles. The normalized spacial score (nSPS) is 11.7. The van der Waals surface area contributed by atoms with E-state index in [1.54, 1.807) is 0 Å². The third-order valence-electron chi connectivity index (χ3n) is 3.42. The van der Waals surface area contributed by atoms with Gasteiger partial charge in [-0.15, -0.1) is 0 Å². The summed E-state index contributed by atoms with van der Waals surface area (Å²) in [6.07, 6.45) is 4.39. The Morgan fingerprint density at radius 2 is 2.00 bits per heavy atom. The second-order valence-corrected chi connectivity index (χ2v) is 6.24. The minimum Gasteiger partial charge on any atom is -0.347 e. The summed E-state index contributed by atoms with van der Waals surface area (Å²) in [5, 5.41) is 13.7. The quantitative estimate of drug-likeness (QED) is 0.841. The molecule has 0 aliphatic rings. The second kappa shape index (κ2) is 6.11. The summed E-state index contributed by atoms with van der Waals surface area (Å²) in [7, 11) is 0.